The summed E-state index contributed by atoms with van der Waals surface area (Å²) in [6, 6.07) is 1.46. The molecule has 0 heterocycles. The van der Waals surface area contributed by atoms with E-state index >= 15 is 0 Å². The second-order valence-corrected chi connectivity index (χ2v) is 3.37. The van der Waals surface area contributed by atoms with Gasteiger partial charge in [-0.05, 0) is 19.1 Å². The Bertz CT molecular complexity index is 575. The molecule has 0 unspecified atom stereocenters. The molecule has 0 fully saturated rings. The number of nitrogens with one attached hydrogen (secondary N) is 1. The second-order valence-electron chi connectivity index (χ2n) is 3.37. The first kappa shape index (κ1) is 15.5. The van der Waals surface area contributed by atoms with E-state index in [-0.39, 0.29) is 6.61 Å². The van der Waals surface area contributed by atoms with Gasteiger partial charge >= 0.3 is 11.7 Å². The lowest BCUT2D eigenvalue weighted by Gasteiger charge is -2.04. The number of carbonyl (C=O) groups is 1. The van der Waals surface area contributed by atoms with Gasteiger partial charge in [-0.3, -0.25) is 10.1 Å². The summed E-state index contributed by atoms with van der Waals surface area (Å²) in [6.07, 6.45) is 0.535. The Morgan fingerprint density at radius 1 is 1.40 bits per heavy atom. The summed E-state index contributed by atoms with van der Waals surface area (Å²) in [5.41, 5.74) is -1.57. The van der Waals surface area contributed by atoms with Crippen molar-refractivity contribution in [1.82, 2.24) is 0 Å². The predicted molar refractivity (Wildman–Crippen MR) is 61.6 cm³/mol. The van der Waals surface area contributed by atoms with Crippen molar-refractivity contribution in [3.63, 3.8) is 0 Å². The first-order valence-corrected chi connectivity index (χ1v) is 5.30. The molecule has 1 N–H and O–H groups in total. The van der Waals surface area contributed by atoms with E-state index in [4.69, 9.17) is 0 Å². The highest BCUT2D eigenvalue weighted by Crippen LogP contribution is 2.19. The van der Waals surface area contributed by atoms with Crippen LogP contribution in [0.2, 0.25) is 0 Å². The molecule has 0 atom stereocenters. The van der Waals surface area contributed by atoms with Crippen LogP contribution in [0.4, 0.5) is 18.9 Å². The number of nitrogens with zero attached hydrogens (tertiary/aromatic N) is 1. The van der Waals surface area contributed by atoms with E-state index in [0.29, 0.717) is 12.3 Å². The van der Waals surface area contributed by atoms with Crippen molar-refractivity contribution in [2.75, 3.05) is 11.9 Å². The minimum atomic E-state index is -1.73. The van der Waals surface area contributed by atoms with Gasteiger partial charge in [-0.2, -0.15) is 0 Å². The van der Waals surface area contributed by atoms with Crippen molar-refractivity contribution in [2.45, 2.75) is 6.92 Å². The van der Waals surface area contributed by atoms with Gasteiger partial charge in [0.05, 0.1) is 23.4 Å². The largest absolute Gasteiger partial charge is 0.458 e. The monoisotopic (exact) mass is 290 g/mol. The molecule has 0 bridgehead atoms. The van der Waals surface area contributed by atoms with E-state index in [1.54, 1.807) is 0 Å². The molecule has 1 aromatic carbocycles. The molecule has 20 heavy (non-hydrogen) atoms. The van der Waals surface area contributed by atoms with Crippen LogP contribution in [0.5, 0.6) is 0 Å². The summed E-state index contributed by atoms with van der Waals surface area (Å²) < 4.78 is 43.3. The second kappa shape index (κ2) is 6.55. The van der Waals surface area contributed by atoms with Gasteiger partial charge in [-0.1, -0.05) is 0 Å². The first-order valence-electron chi connectivity index (χ1n) is 5.30. The van der Waals surface area contributed by atoms with Crippen LogP contribution in [-0.2, 0) is 9.53 Å². The summed E-state index contributed by atoms with van der Waals surface area (Å²) in [5.74, 6) is -5.94. The van der Waals surface area contributed by atoms with Gasteiger partial charge in [0.25, 0.3) is 0 Å². The van der Waals surface area contributed by atoms with Gasteiger partial charge in [0.2, 0.25) is 0 Å². The number of carbonyl (C=O) groups excluding carboxylic acids is 1. The summed E-state index contributed by atoms with van der Waals surface area (Å²) in [7, 11) is 0. The summed E-state index contributed by atoms with van der Waals surface area (Å²) in [4.78, 5) is 20.8. The number of benzene rings is 1. The summed E-state index contributed by atoms with van der Waals surface area (Å²) in [5, 5.41) is 12.6. The molecule has 0 saturated heterocycles. The number of nitro groups is 1. The number of halogens is 3. The number of ether oxygens (including phenoxy) is 1. The van der Waals surface area contributed by atoms with E-state index in [0.717, 1.165) is 6.07 Å². The number of anilines is 1. The third-order valence-corrected chi connectivity index (χ3v) is 2.08. The first-order chi connectivity index (χ1) is 9.38. The molecule has 0 saturated carbocycles. The summed E-state index contributed by atoms with van der Waals surface area (Å²) in [6.45, 7) is 1.35. The Labute approximate surface area is 111 Å². The zero-order valence-electron chi connectivity index (χ0n) is 10.2. The van der Waals surface area contributed by atoms with Crippen molar-refractivity contribution in [3.8, 4) is 0 Å². The minimum Gasteiger partial charge on any atom is -0.458 e. The molecule has 1 rings (SSSR count). The van der Waals surface area contributed by atoms with E-state index in [1.807, 2.05) is 5.32 Å². The van der Waals surface area contributed by atoms with Gasteiger partial charge < -0.3 is 10.1 Å². The highest BCUT2D eigenvalue weighted by Gasteiger charge is 2.23. The predicted octanol–water partition coefficient (Wildman–Crippen LogP) is 2.20. The van der Waals surface area contributed by atoms with Crippen molar-refractivity contribution in [3.05, 3.63) is 51.6 Å². The fourth-order valence-corrected chi connectivity index (χ4v) is 1.17. The highest BCUT2D eigenvalue weighted by atomic mass is 19.2. The van der Waals surface area contributed by atoms with Crippen LogP contribution in [0.1, 0.15) is 6.92 Å². The number of hydrogen-bond donors (Lipinski definition) is 1. The molecule has 6 nitrogen and oxygen atoms in total. The lowest BCUT2D eigenvalue weighted by molar-refractivity contribution is -0.421. The zero-order valence-corrected chi connectivity index (χ0v) is 10.2. The van der Waals surface area contributed by atoms with Gasteiger partial charge in [-0.25, -0.2) is 18.0 Å². The lowest BCUT2D eigenvalue weighted by Crippen LogP contribution is -2.16. The maximum absolute atomic E-state index is 13.3. The van der Waals surface area contributed by atoms with Crippen LogP contribution in [0.25, 0.3) is 0 Å². The number of rotatable bonds is 5. The molecular formula is C11H9F3N2O4. The van der Waals surface area contributed by atoms with Gasteiger partial charge in [0.1, 0.15) is 0 Å². The highest BCUT2D eigenvalue weighted by molar-refractivity contribution is 5.86. The van der Waals surface area contributed by atoms with Crippen LogP contribution in [0.15, 0.2) is 24.0 Å². The van der Waals surface area contributed by atoms with E-state index in [2.05, 4.69) is 4.74 Å². The molecule has 108 valence electrons. The molecule has 9 heteroatoms. The molecular weight excluding hydrogens is 281 g/mol. The van der Waals surface area contributed by atoms with Crippen molar-refractivity contribution >= 4 is 11.7 Å². The van der Waals surface area contributed by atoms with Crippen LogP contribution in [0, 0.1) is 27.6 Å². The SMILES string of the molecule is CCOC(=O)C(=CNc1ccc(F)c(F)c1F)[N+](=O)[O-]. The Morgan fingerprint density at radius 2 is 2.05 bits per heavy atom. The van der Waals surface area contributed by atoms with Crippen LogP contribution >= 0.6 is 0 Å². The molecule has 0 amide bonds. The van der Waals surface area contributed by atoms with E-state index in [1.165, 1.54) is 6.92 Å². The molecule has 0 aliphatic rings. The Balaban J connectivity index is 3.02. The third kappa shape index (κ3) is 3.46. The van der Waals surface area contributed by atoms with E-state index < -0.39 is 39.7 Å². The molecule has 0 radical (unpaired) electrons. The van der Waals surface area contributed by atoms with Gasteiger partial charge in [0.15, 0.2) is 17.5 Å². The number of hydrogen-bond acceptors (Lipinski definition) is 5. The van der Waals surface area contributed by atoms with Crippen LogP contribution < -0.4 is 5.32 Å². The quantitative estimate of drug-likeness (QED) is 0.295. The van der Waals surface area contributed by atoms with Crippen LogP contribution in [-0.4, -0.2) is 17.5 Å². The molecule has 0 aliphatic heterocycles. The van der Waals surface area contributed by atoms with Crippen molar-refractivity contribution in [1.29, 1.82) is 0 Å². The van der Waals surface area contributed by atoms with Crippen LogP contribution in [0.3, 0.4) is 0 Å². The number of esters is 1. The Morgan fingerprint density at radius 3 is 2.60 bits per heavy atom. The Kier molecular flexibility index (Phi) is 5.07. The molecule has 0 aliphatic carbocycles. The van der Waals surface area contributed by atoms with Crippen molar-refractivity contribution in [2.24, 2.45) is 0 Å². The normalized spacial score (nSPS) is 11.1. The molecule has 0 spiro atoms. The minimum absolute atomic E-state index is 0.0937. The zero-order chi connectivity index (χ0) is 15.3. The van der Waals surface area contributed by atoms with Gasteiger partial charge in [0, 0.05) is 0 Å². The summed E-state index contributed by atoms with van der Waals surface area (Å²) >= 11 is 0. The van der Waals surface area contributed by atoms with Gasteiger partial charge in [-0.15, -0.1) is 0 Å². The third-order valence-electron chi connectivity index (χ3n) is 2.08. The standard InChI is InChI=1S/C11H9F3N2O4/c1-2-20-11(17)8(16(18)19)5-15-7-4-3-6(12)9(13)10(7)14/h3-5,15H,2H2,1H3. The van der Waals surface area contributed by atoms with Crippen molar-refractivity contribution < 1.29 is 27.6 Å². The lowest BCUT2D eigenvalue weighted by atomic mass is 10.3. The topological polar surface area (TPSA) is 81.5 Å². The molecule has 0 aromatic heterocycles. The van der Waals surface area contributed by atoms with E-state index in [9.17, 15) is 28.1 Å². The fourth-order valence-electron chi connectivity index (χ4n) is 1.17. The average Bonchev–Trinajstić information content (AvgIpc) is 2.38. The maximum Gasteiger partial charge on any atom is 0.411 e. The average molecular weight is 290 g/mol. The molecule has 1 aromatic rings. The smallest absolute Gasteiger partial charge is 0.411 e. The Hall–Kier alpha value is -2.58. The fraction of sp³-hybridized carbons (Fsp3) is 0.182. The maximum atomic E-state index is 13.3.